The first-order valence-corrected chi connectivity index (χ1v) is 9.78. The molecule has 2 saturated heterocycles. The lowest BCUT2D eigenvalue weighted by atomic mass is 10.1. The van der Waals surface area contributed by atoms with E-state index < -0.39 is 0 Å². The first kappa shape index (κ1) is 19.7. The van der Waals surface area contributed by atoms with Crippen LogP contribution < -0.4 is 0 Å². The van der Waals surface area contributed by atoms with Crippen LogP contribution >= 0.6 is 0 Å². The number of rotatable bonds is 8. The van der Waals surface area contributed by atoms with Gasteiger partial charge in [-0.1, -0.05) is 27.7 Å². The van der Waals surface area contributed by atoms with Crippen molar-refractivity contribution in [2.75, 3.05) is 59.0 Å². The molecule has 1 unspecified atom stereocenters. The predicted molar refractivity (Wildman–Crippen MR) is 98.1 cm³/mol. The van der Waals surface area contributed by atoms with Gasteiger partial charge in [-0.2, -0.15) is 0 Å². The number of nitrogens with zero attached hydrogens (tertiary/aromatic N) is 3. The molecule has 0 saturated carbocycles. The highest BCUT2D eigenvalue weighted by atomic mass is 16.5. The van der Waals surface area contributed by atoms with Gasteiger partial charge < -0.3 is 9.64 Å². The normalized spacial score (nSPS) is 23.3. The van der Waals surface area contributed by atoms with E-state index in [0.29, 0.717) is 30.4 Å². The van der Waals surface area contributed by atoms with Crippen LogP contribution in [0.2, 0.25) is 0 Å². The number of piperazine rings is 1. The molecule has 0 bridgehead atoms. The summed E-state index contributed by atoms with van der Waals surface area (Å²) in [7, 11) is 0. The molecule has 0 spiro atoms. The maximum atomic E-state index is 12.7. The van der Waals surface area contributed by atoms with E-state index in [1.807, 2.05) is 0 Å². The monoisotopic (exact) mass is 339 g/mol. The van der Waals surface area contributed by atoms with E-state index in [4.69, 9.17) is 4.74 Å². The summed E-state index contributed by atoms with van der Waals surface area (Å²) in [6.45, 7) is 17.2. The Bertz CT molecular complexity index is 363. The van der Waals surface area contributed by atoms with Gasteiger partial charge in [0.25, 0.3) is 0 Å². The molecular formula is C19H37N3O2. The molecule has 5 heteroatoms. The summed E-state index contributed by atoms with van der Waals surface area (Å²) < 4.78 is 5.74. The summed E-state index contributed by atoms with van der Waals surface area (Å²) in [5.74, 6) is 1.34. The van der Waals surface area contributed by atoms with Crippen LogP contribution in [-0.4, -0.2) is 85.7 Å². The Morgan fingerprint density at radius 3 is 2.12 bits per heavy atom. The molecule has 0 N–H and O–H groups in total. The van der Waals surface area contributed by atoms with Gasteiger partial charge in [-0.15, -0.1) is 0 Å². The number of hydrogen-bond donors (Lipinski definition) is 0. The maximum absolute atomic E-state index is 12.7. The minimum absolute atomic E-state index is 0.296. The van der Waals surface area contributed by atoms with Gasteiger partial charge >= 0.3 is 0 Å². The molecule has 2 rings (SSSR count). The summed E-state index contributed by atoms with van der Waals surface area (Å²) in [5, 5.41) is 0. The predicted octanol–water partition coefficient (Wildman–Crippen LogP) is 1.92. The van der Waals surface area contributed by atoms with Crippen molar-refractivity contribution in [2.45, 2.75) is 46.6 Å². The lowest BCUT2D eigenvalue weighted by molar-refractivity contribution is -0.134. The third-order valence-electron chi connectivity index (χ3n) is 4.83. The van der Waals surface area contributed by atoms with Gasteiger partial charge in [0.1, 0.15) is 0 Å². The molecule has 24 heavy (non-hydrogen) atoms. The average Bonchev–Trinajstić information content (AvgIpc) is 3.00. The van der Waals surface area contributed by atoms with Crippen LogP contribution in [0.5, 0.6) is 0 Å². The Hall–Kier alpha value is -0.650. The van der Waals surface area contributed by atoms with Crippen molar-refractivity contribution in [1.82, 2.24) is 14.7 Å². The molecule has 0 aromatic heterocycles. The van der Waals surface area contributed by atoms with Crippen LogP contribution in [-0.2, 0) is 9.53 Å². The molecule has 5 nitrogen and oxygen atoms in total. The minimum atomic E-state index is 0.296. The highest BCUT2D eigenvalue weighted by molar-refractivity contribution is 5.78. The van der Waals surface area contributed by atoms with Crippen molar-refractivity contribution >= 4 is 5.91 Å². The highest BCUT2D eigenvalue weighted by Gasteiger charge is 2.25. The SMILES string of the molecule is CC(C)CN(CC(C)C)C(=O)CN1CCN(CC2CCCO2)CC1. The van der Waals surface area contributed by atoms with E-state index in [9.17, 15) is 4.79 Å². The van der Waals surface area contributed by atoms with Gasteiger partial charge in [0, 0.05) is 52.4 Å². The van der Waals surface area contributed by atoms with Crippen LogP contribution in [0.1, 0.15) is 40.5 Å². The lowest BCUT2D eigenvalue weighted by Crippen LogP contribution is -2.52. The Kier molecular flexibility index (Phi) is 7.98. The van der Waals surface area contributed by atoms with Gasteiger partial charge in [0.15, 0.2) is 0 Å². The van der Waals surface area contributed by atoms with E-state index in [-0.39, 0.29) is 0 Å². The molecular weight excluding hydrogens is 302 g/mol. The van der Waals surface area contributed by atoms with E-state index >= 15 is 0 Å². The number of amides is 1. The van der Waals surface area contributed by atoms with Gasteiger partial charge in [-0.25, -0.2) is 0 Å². The molecule has 0 radical (unpaired) electrons. The zero-order chi connectivity index (χ0) is 17.5. The second kappa shape index (κ2) is 9.73. The van der Waals surface area contributed by atoms with Crippen molar-refractivity contribution in [3.05, 3.63) is 0 Å². The Labute approximate surface area is 148 Å². The quantitative estimate of drug-likeness (QED) is 0.677. The van der Waals surface area contributed by atoms with E-state index in [1.54, 1.807) is 0 Å². The Morgan fingerprint density at radius 2 is 1.62 bits per heavy atom. The molecule has 140 valence electrons. The number of carbonyl (C=O) groups is 1. The van der Waals surface area contributed by atoms with Crippen molar-refractivity contribution in [1.29, 1.82) is 0 Å². The van der Waals surface area contributed by atoms with Gasteiger partial charge in [0.05, 0.1) is 12.6 Å². The molecule has 1 amide bonds. The minimum Gasteiger partial charge on any atom is -0.377 e. The molecule has 2 aliphatic heterocycles. The summed E-state index contributed by atoms with van der Waals surface area (Å²) in [4.78, 5) is 19.6. The molecule has 0 aromatic rings. The topological polar surface area (TPSA) is 36.0 Å². The first-order chi connectivity index (χ1) is 11.4. The molecule has 2 heterocycles. The molecule has 1 atom stereocenters. The van der Waals surface area contributed by atoms with Gasteiger partial charge in [-0.3, -0.25) is 14.6 Å². The highest BCUT2D eigenvalue weighted by Crippen LogP contribution is 2.14. The zero-order valence-corrected chi connectivity index (χ0v) is 16.2. The van der Waals surface area contributed by atoms with Crippen LogP contribution in [0, 0.1) is 11.8 Å². The second-order valence-corrected chi connectivity index (χ2v) is 8.30. The zero-order valence-electron chi connectivity index (χ0n) is 16.2. The fourth-order valence-electron chi connectivity index (χ4n) is 3.66. The van der Waals surface area contributed by atoms with E-state index in [0.717, 1.165) is 52.4 Å². The van der Waals surface area contributed by atoms with Crippen LogP contribution in [0.3, 0.4) is 0 Å². The van der Waals surface area contributed by atoms with Crippen molar-refractivity contribution in [2.24, 2.45) is 11.8 Å². The van der Waals surface area contributed by atoms with Crippen molar-refractivity contribution < 1.29 is 9.53 Å². The number of carbonyl (C=O) groups excluding carboxylic acids is 1. The van der Waals surface area contributed by atoms with E-state index in [1.165, 1.54) is 12.8 Å². The summed E-state index contributed by atoms with van der Waals surface area (Å²) in [5.41, 5.74) is 0. The Morgan fingerprint density at radius 1 is 1.04 bits per heavy atom. The Balaban J connectivity index is 1.73. The molecule has 0 aliphatic carbocycles. The van der Waals surface area contributed by atoms with Gasteiger partial charge in [-0.05, 0) is 24.7 Å². The second-order valence-electron chi connectivity index (χ2n) is 8.30. The number of hydrogen-bond acceptors (Lipinski definition) is 4. The van der Waals surface area contributed by atoms with Crippen LogP contribution in [0.25, 0.3) is 0 Å². The summed E-state index contributed by atoms with van der Waals surface area (Å²) in [6, 6.07) is 0. The van der Waals surface area contributed by atoms with Crippen molar-refractivity contribution in [3.63, 3.8) is 0 Å². The number of ether oxygens (including phenoxy) is 1. The van der Waals surface area contributed by atoms with Crippen molar-refractivity contribution in [3.8, 4) is 0 Å². The maximum Gasteiger partial charge on any atom is 0.236 e. The third-order valence-corrected chi connectivity index (χ3v) is 4.83. The standard InChI is InChI=1S/C19H37N3O2/c1-16(2)12-22(13-17(3)4)19(23)15-21-9-7-20(8-10-21)14-18-6-5-11-24-18/h16-18H,5-15H2,1-4H3. The largest absolute Gasteiger partial charge is 0.377 e. The summed E-state index contributed by atoms with van der Waals surface area (Å²) in [6.07, 6.45) is 2.85. The van der Waals surface area contributed by atoms with Crippen LogP contribution in [0.4, 0.5) is 0 Å². The van der Waals surface area contributed by atoms with E-state index in [2.05, 4.69) is 42.4 Å². The summed E-state index contributed by atoms with van der Waals surface area (Å²) >= 11 is 0. The average molecular weight is 340 g/mol. The molecule has 2 fully saturated rings. The fourth-order valence-corrected chi connectivity index (χ4v) is 3.66. The fraction of sp³-hybridized carbons (Fsp3) is 0.947. The first-order valence-electron chi connectivity index (χ1n) is 9.78. The van der Waals surface area contributed by atoms with Crippen LogP contribution in [0.15, 0.2) is 0 Å². The molecule has 0 aromatic carbocycles. The van der Waals surface area contributed by atoms with Gasteiger partial charge in [0.2, 0.25) is 5.91 Å². The smallest absolute Gasteiger partial charge is 0.236 e. The lowest BCUT2D eigenvalue weighted by Gasteiger charge is -2.36. The molecule has 2 aliphatic rings. The third kappa shape index (κ3) is 6.69.